The van der Waals surface area contributed by atoms with E-state index in [1.54, 1.807) is 0 Å². The molecule has 9 heteroatoms. The molecular weight excluding hydrogens is 337 g/mol. The van der Waals surface area contributed by atoms with Crippen LogP contribution in [0, 0.1) is 17.5 Å². The number of aromatic nitrogens is 2. The highest BCUT2D eigenvalue weighted by molar-refractivity contribution is 6.03. The van der Waals surface area contributed by atoms with Gasteiger partial charge in [0.2, 0.25) is 5.95 Å². The summed E-state index contributed by atoms with van der Waals surface area (Å²) >= 11 is 0. The first-order valence-electron chi connectivity index (χ1n) is 7.67. The standard InChI is InChI=1S/C16H15F3N4O2/c17-11-3-4-12(14(19)13(11)18)23-15(24)9-6-20-16(21-7-9)22-8-10-2-1-5-25-10/h3-4,6-7,10H,1-2,5,8H2,(H,23,24)(H,20,21,22). The van der Waals surface area contributed by atoms with E-state index in [4.69, 9.17) is 4.74 Å². The van der Waals surface area contributed by atoms with E-state index >= 15 is 0 Å². The molecule has 1 aromatic carbocycles. The maximum absolute atomic E-state index is 13.6. The molecule has 1 unspecified atom stereocenters. The molecule has 3 rings (SSSR count). The molecule has 0 bridgehead atoms. The van der Waals surface area contributed by atoms with Gasteiger partial charge < -0.3 is 15.4 Å². The summed E-state index contributed by atoms with van der Waals surface area (Å²) in [6.07, 6.45) is 4.60. The van der Waals surface area contributed by atoms with Gasteiger partial charge in [-0.05, 0) is 25.0 Å². The molecule has 0 spiro atoms. The zero-order valence-electron chi connectivity index (χ0n) is 13.1. The SMILES string of the molecule is O=C(Nc1ccc(F)c(F)c1F)c1cnc(NCC2CCCO2)nc1. The Morgan fingerprint density at radius 2 is 1.96 bits per heavy atom. The summed E-state index contributed by atoms with van der Waals surface area (Å²) in [5, 5.41) is 5.14. The number of hydrogen-bond acceptors (Lipinski definition) is 5. The molecule has 1 aliphatic heterocycles. The summed E-state index contributed by atoms with van der Waals surface area (Å²) in [4.78, 5) is 20.0. The van der Waals surface area contributed by atoms with Gasteiger partial charge in [-0.2, -0.15) is 0 Å². The summed E-state index contributed by atoms with van der Waals surface area (Å²) in [6, 6.07) is 1.66. The fourth-order valence-corrected chi connectivity index (χ4v) is 2.36. The largest absolute Gasteiger partial charge is 0.376 e. The van der Waals surface area contributed by atoms with Crippen molar-refractivity contribution in [1.82, 2.24) is 9.97 Å². The van der Waals surface area contributed by atoms with Crippen molar-refractivity contribution in [2.75, 3.05) is 23.8 Å². The second kappa shape index (κ2) is 7.47. The topological polar surface area (TPSA) is 76.1 Å². The number of anilines is 2. The number of ether oxygens (including phenoxy) is 1. The van der Waals surface area contributed by atoms with Gasteiger partial charge in [0.1, 0.15) is 0 Å². The van der Waals surface area contributed by atoms with Crippen LogP contribution in [0.3, 0.4) is 0 Å². The number of carbonyl (C=O) groups is 1. The van der Waals surface area contributed by atoms with Crippen LogP contribution < -0.4 is 10.6 Å². The molecule has 1 fully saturated rings. The van der Waals surface area contributed by atoms with Crippen LogP contribution in [-0.2, 0) is 4.74 Å². The van der Waals surface area contributed by atoms with Crippen LogP contribution >= 0.6 is 0 Å². The predicted octanol–water partition coefficient (Wildman–Crippen LogP) is 2.74. The van der Waals surface area contributed by atoms with Crippen molar-refractivity contribution in [3.63, 3.8) is 0 Å². The van der Waals surface area contributed by atoms with Crippen molar-refractivity contribution in [2.45, 2.75) is 18.9 Å². The third-order valence-electron chi connectivity index (χ3n) is 3.71. The molecule has 0 radical (unpaired) electrons. The van der Waals surface area contributed by atoms with Crippen LogP contribution in [0.5, 0.6) is 0 Å². The molecule has 2 aromatic rings. The van der Waals surface area contributed by atoms with Crippen LogP contribution in [0.2, 0.25) is 0 Å². The number of rotatable bonds is 5. The van der Waals surface area contributed by atoms with E-state index in [1.807, 2.05) is 0 Å². The lowest BCUT2D eigenvalue weighted by Crippen LogP contribution is -2.20. The highest BCUT2D eigenvalue weighted by Crippen LogP contribution is 2.20. The van der Waals surface area contributed by atoms with Gasteiger partial charge in [0.25, 0.3) is 5.91 Å². The third-order valence-corrected chi connectivity index (χ3v) is 3.71. The van der Waals surface area contributed by atoms with Crippen LogP contribution in [0.25, 0.3) is 0 Å². The minimum Gasteiger partial charge on any atom is -0.376 e. The molecule has 132 valence electrons. The van der Waals surface area contributed by atoms with E-state index in [9.17, 15) is 18.0 Å². The minimum absolute atomic E-state index is 0.0480. The van der Waals surface area contributed by atoms with E-state index in [1.165, 1.54) is 12.4 Å². The maximum atomic E-state index is 13.6. The van der Waals surface area contributed by atoms with Gasteiger partial charge in [-0.1, -0.05) is 0 Å². The first-order chi connectivity index (χ1) is 12.0. The number of nitrogens with one attached hydrogen (secondary N) is 2. The van der Waals surface area contributed by atoms with Crippen LogP contribution in [0.15, 0.2) is 24.5 Å². The molecule has 1 aromatic heterocycles. The van der Waals surface area contributed by atoms with Gasteiger partial charge >= 0.3 is 0 Å². The van der Waals surface area contributed by atoms with E-state index in [0.717, 1.165) is 31.6 Å². The normalized spacial score (nSPS) is 16.7. The molecule has 0 saturated carbocycles. The summed E-state index contributed by atoms with van der Waals surface area (Å²) < 4.78 is 45.1. The fraction of sp³-hybridized carbons (Fsp3) is 0.312. The number of benzene rings is 1. The minimum atomic E-state index is -1.65. The van der Waals surface area contributed by atoms with E-state index in [0.29, 0.717) is 12.5 Å². The van der Waals surface area contributed by atoms with Crippen LogP contribution in [0.1, 0.15) is 23.2 Å². The van der Waals surface area contributed by atoms with E-state index in [-0.39, 0.29) is 11.7 Å². The number of hydrogen-bond donors (Lipinski definition) is 2. The zero-order valence-corrected chi connectivity index (χ0v) is 13.1. The van der Waals surface area contributed by atoms with Gasteiger partial charge in [0.05, 0.1) is 17.4 Å². The predicted molar refractivity (Wildman–Crippen MR) is 83.8 cm³/mol. The van der Waals surface area contributed by atoms with Gasteiger partial charge in [0, 0.05) is 25.5 Å². The lowest BCUT2D eigenvalue weighted by atomic mass is 10.2. The summed E-state index contributed by atoms with van der Waals surface area (Å²) in [5.74, 6) is -4.87. The van der Waals surface area contributed by atoms with Crippen molar-refractivity contribution in [2.24, 2.45) is 0 Å². The molecule has 1 atom stereocenters. The average Bonchev–Trinajstić information content (AvgIpc) is 3.14. The van der Waals surface area contributed by atoms with Crippen molar-refractivity contribution in [3.05, 3.63) is 47.5 Å². The van der Waals surface area contributed by atoms with Gasteiger partial charge in [-0.25, -0.2) is 23.1 Å². The molecular formula is C16H15F3N4O2. The highest BCUT2D eigenvalue weighted by atomic mass is 19.2. The van der Waals surface area contributed by atoms with Crippen molar-refractivity contribution >= 4 is 17.5 Å². The average molecular weight is 352 g/mol. The molecule has 1 amide bonds. The Kier molecular flexibility index (Phi) is 5.13. The molecule has 1 saturated heterocycles. The van der Waals surface area contributed by atoms with E-state index in [2.05, 4.69) is 20.6 Å². The first kappa shape index (κ1) is 17.2. The summed E-state index contributed by atoms with van der Waals surface area (Å²) in [7, 11) is 0. The van der Waals surface area contributed by atoms with Gasteiger partial charge in [0.15, 0.2) is 17.5 Å². The first-order valence-corrected chi connectivity index (χ1v) is 7.67. The van der Waals surface area contributed by atoms with Crippen LogP contribution in [0.4, 0.5) is 24.8 Å². The lowest BCUT2D eigenvalue weighted by molar-refractivity contribution is 0.102. The number of amides is 1. The van der Waals surface area contributed by atoms with Gasteiger partial charge in [-0.15, -0.1) is 0 Å². The van der Waals surface area contributed by atoms with Crippen LogP contribution in [-0.4, -0.2) is 35.1 Å². The Hall–Kier alpha value is -2.68. The Morgan fingerprint density at radius 1 is 1.20 bits per heavy atom. The number of carbonyl (C=O) groups excluding carboxylic acids is 1. The fourth-order valence-electron chi connectivity index (χ4n) is 2.36. The Morgan fingerprint density at radius 3 is 2.64 bits per heavy atom. The highest BCUT2D eigenvalue weighted by Gasteiger charge is 2.17. The zero-order chi connectivity index (χ0) is 17.8. The second-order valence-electron chi connectivity index (χ2n) is 5.49. The molecule has 2 heterocycles. The van der Waals surface area contributed by atoms with E-state index < -0.39 is 29.0 Å². The number of nitrogens with zero attached hydrogens (tertiary/aromatic N) is 2. The Labute approximate surface area is 141 Å². The quantitative estimate of drug-likeness (QED) is 0.810. The maximum Gasteiger partial charge on any atom is 0.258 e. The molecule has 6 nitrogen and oxygen atoms in total. The van der Waals surface area contributed by atoms with Gasteiger partial charge in [-0.3, -0.25) is 4.79 Å². The smallest absolute Gasteiger partial charge is 0.258 e. The second-order valence-corrected chi connectivity index (χ2v) is 5.49. The molecule has 1 aliphatic rings. The van der Waals surface area contributed by atoms with Crippen molar-refractivity contribution in [3.8, 4) is 0 Å². The van der Waals surface area contributed by atoms with Crippen molar-refractivity contribution in [1.29, 1.82) is 0 Å². The lowest BCUT2D eigenvalue weighted by Gasteiger charge is -2.11. The monoisotopic (exact) mass is 352 g/mol. The molecule has 25 heavy (non-hydrogen) atoms. The summed E-state index contributed by atoms with van der Waals surface area (Å²) in [5.41, 5.74) is -0.420. The summed E-state index contributed by atoms with van der Waals surface area (Å²) in [6.45, 7) is 1.30. The number of halogens is 3. The molecule has 2 N–H and O–H groups in total. The van der Waals surface area contributed by atoms with Crippen molar-refractivity contribution < 1.29 is 22.7 Å². The Balaban J connectivity index is 1.61. The third kappa shape index (κ3) is 4.05. The Bertz CT molecular complexity index is 765. The molecule has 0 aliphatic carbocycles.